The van der Waals surface area contributed by atoms with Crippen LogP contribution in [0.4, 0.5) is 23.1 Å². The van der Waals surface area contributed by atoms with E-state index in [1.165, 1.54) is 6.92 Å². The lowest BCUT2D eigenvalue weighted by atomic mass is 9.90. The third kappa shape index (κ3) is 8.39. The molecule has 7 heterocycles. The molecule has 15 heteroatoms. The minimum absolute atomic E-state index is 0.0231. The maximum atomic E-state index is 13.6. The van der Waals surface area contributed by atoms with Crippen LogP contribution in [0, 0.1) is 6.92 Å². The number of likely N-dealkylation sites (tertiary alicyclic amines) is 1. The predicted octanol–water partition coefficient (Wildman–Crippen LogP) is 4.57. The molecule has 0 bridgehead atoms. The SMILES string of the molecule is CC(=O)c1c(C)c2cnc(Nc3ccc(N4CCN(C5CCN(CC6CN(c7ccc(C8CCC(=O)NC8=O)cc7)CCO6)CC5)CC4)cn3)nc2n(C2CCCC2)c1=O. The molecule has 2 unspecified atom stereocenters. The van der Waals surface area contributed by atoms with Gasteiger partial charge in [0.05, 0.1) is 36.1 Å². The van der Waals surface area contributed by atoms with Gasteiger partial charge in [0, 0.05) is 81.6 Å². The van der Waals surface area contributed by atoms with E-state index in [4.69, 9.17) is 14.7 Å². The highest BCUT2D eigenvalue weighted by Gasteiger charge is 2.32. The Bertz CT molecular complexity index is 2280. The van der Waals surface area contributed by atoms with Crippen LogP contribution < -0.4 is 26.0 Å². The van der Waals surface area contributed by atoms with Crippen LogP contribution in [0.5, 0.6) is 0 Å². The summed E-state index contributed by atoms with van der Waals surface area (Å²) in [7, 11) is 0. The number of fused-ring (bicyclic) bond motifs is 1. The molecule has 2 amide bonds. The van der Waals surface area contributed by atoms with Gasteiger partial charge in [-0.25, -0.2) is 9.97 Å². The number of carbonyl (C=O) groups is 3. The van der Waals surface area contributed by atoms with E-state index in [-0.39, 0.29) is 46.8 Å². The first-order chi connectivity index (χ1) is 29.2. The van der Waals surface area contributed by atoms with Crippen LogP contribution in [0.25, 0.3) is 11.0 Å². The van der Waals surface area contributed by atoms with Crippen LogP contribution in [0.1, 0.15) is 91.7 Å². The third-order valence-electron chi connectivity index (χ3n) is 13.5. The van der Waals surface area contributed by atoms with Crippen molar-refractivity contribution < 1.29 is 19.1 Å². The van der Waals surface area contributed by atoms with Crippen molar-refractivity contribution in [2.45, 2.75) is 89.3 Å². The Balaban J connectivity index is 0.744. The summed E-state index contributed by atoms with van der Waals surface area (Å²) < 4.78 is 7.98. The number of nitrogens with zero attached hydrogens (tertiary/aromatic N) is 8. The number of piperidine rings is 2. The van der Waals surface area contributed by atoms with Crippen molar-refractivity contribution in [2.24, 2.45) is 0 Å². The van der Waals surface area contributed by atoms with E-state index in [0.29, 0.717) is 48.5 Å². The molecule has 60 heavy (non-hydrogen) atoms. The van der Waals surface area contributed by atoms with E-state index in [1.807, 2.05) is 24.4 Å². The molecule has 9 rings (SSSR count). The van der Waals surface area contributed by atoms with E-state index < -0.39 is 0 Å². The van der Waals surface area contributed by atoms with Gasteiger partial charge in [0.25, 0.3) is 5.56 Å². The van der Waals surface area contributed by atoms with Gasteiger partial charge in [-0.15, -0.1) is 0 Å². The number of hydrogen-bond acceptors (Lipinski definition) is 13. The van der Waals surface area contributed by atoms with Crippen LogP contribution in [0.2, 0.25) is 0 Å². The maximum Gasteiger partial charge on any atom is 0.263 e. The molecular weight excluding hydrogens is 761 g/mol. The zero-order valence-corrected chi connectivity index (χ0v) is 34.8. The number of morpholine rings is 1. The minimum atomic E-state index is -0.263. The lowest BCUT2D eigenvalue weighted by Crippen LogP contribution is -2.54. The van der Waals surface area contributed by atoms with Crippen molar-refractivity contribution in [3.63, 3.8) is 0 Å². The lowest BCUT2D eigenvalue weighted by Gasteiger charge is -2.44. The zero-order chi connectivity index (χ0) is 41.3. The van der Waals surface area contributed by atoms with Crippen molar-refractivity contribution in [1.29, 1.82) is 0 Å². The number of anilines is 4. The molecule has 2 atom stereocenters. The van der Waals surface area contributed by atoms with Gasteiger partial charge in [-0.1, -0.05) is 25.0 Å². The molecule has 316 valence electrons. The summed E-state index contributed by atoms with van der Waals surface area (Å²) in [6.07, 6.45) is 10.9. The molecule has 5 aliphatic rings. The first kappa shape index (κ1) is 40.2. The van der Waals surface area contributed by atoms with Gasteiger partial charge in [-0.3, -0.25) is 34.0 Å². The van der Waals surface area contributed by atoms with Crippen LogP contribution in [0.3, 0.4) is 0 Å². The van der Waals surface area contributed by atoms with Crippen molar-refractivity contribution in [3.05, 3.63) is 75.8 Å². The summed E-state index contributed by atoms with van der Waals surface area (Å²) in [5.41, 5.74) is 4.35. The molecule has 2 N–H and O–H groups in total. The minimum Gasteiger partial charge on any atom is -0.373 e. The number of aromatic nitrogens is 4. The Labute approximate surface area is 350 Å². The second kappa shape index (κ2) is 17.4. The molecule has 15 nitrogen and oxygen atoms in total. The molecule has 0 radical (unpaired) electrons. The van der Waals surface area contributed by atoms with Gasteiger partial charge in [0.1, 0.15) is 11.5 Å². The van der Waals surface area contributed by atoms with E-state index in [2.05, 4.69) is 53.4 Å². The Morgan fingerprint density at radius 3 is 2.28 bits per heavy atom. The largest absolute Gasteiger partial charge is 0.373 e. The highest BCUT2D eigenvalue weighted by Crippen LogP contribution is 2.33. The van der Waals surface area contributed by atoms with Gasteiger partial charge in [0.2, 0.25) is 17.8 Å². The van der Waals surface area contributed by atoms with Gasteiger partial charge < -0.3 is 24.8 Å². The zero-order valence-electron chi connectivity index (χ0n) is 34.8. The van der Waals surface area contributed by atoms with E-state index in [1.54, 1.807) is 17.7 Å². The molecule has 1 aromatic carbocycles. The number of Topliss-reactive ketones (excluding diaryl/α,β-unsaturated/α-hetero) is 1. The smallest absolute Gasteiger partial charge is 0.263 e. The van der Waals surface area contributed by atoms with Gasteiger partial charge in [-0.2, -0.15) is 4.98 Å². The van der Waals surface area contributed by atoms with Crippen LogP contribution >= 0.6 is 0 Å². The Morgan fingerprint density at radius 1 is 0.833 bits per heavy atom. The molecule has 5 fully saturated rings. The fourth-order valence-electron chi connectivity index (χ4n) is 10.2. The van der Waals surface area contributed by atoms with E-state index in [9.17, 15) is 19.2 Å². The Kier molecular flexibility index (Phi) is 11.6. The summed E-state index contributed by atoms with van der Waals surface area (Å²) in [5, 5.41) is 6.44. The number of aryl methyl sites for hydroxylation is 1. The summed E-state index contributed by atoms with van der Waals surface area (Å²) in [5.74, 6) is 0.119. The molecule has 4 saturated heterocycles. The number of ether oxygens (including phenoxy) is 1. The van der Waals surface area contributed by atoms with Gasteiger partial charge >= 0.3 is 0 Å². The maximum absolute atomic E-state index is 13.6. The highest BCUT2D eigenvalue weighted by molar-refractivity contribution is 6.01. The summed E-state index contributed by atoms with van der Waals surface area (Å²) in [6, 6.07) is 12.9. The number of nitrogens with one attached hydrogen (secondary N) is 2. The van der Waals surface area contributed by atoms with E-state index >= 15 is 0 Å². The Hall–Kier alpha value is -5.25. The molecule has 1 aliphatic carbocycles. The fraction of sp³-hybridized carbons (Fsp3) is 0.533. The number of imide groups is 1. The number of ketones is 1. The average Bonchev–Trinajstić information content (AvgIpc) is 3.79. The third-order valence-corrected chi connectivity index (χ3v) is 13.5. The molecular formula is C45H56N10O5. The molecule has 0 spiro atoms. The second-order valence-electron chi connectivity index (χ2n) is 17.2. The molecule has 4 aliphatic heterocycles. The summed E-state index contributed by atoms with van der Waals surface area (Å²) in [4.78, 5) is 74.1. The number of pyridine rings is 2. The number of piperazine rings is 1. The van der Waals surface area contributed by atoms with Gasteiger partial charge in [0.15, 0.2) is 5.78 Å². The number of hydrogen-bond donors (Lipinski definition) is 2. The molecule has 3 aromatic heterocycles. The number of benzene rings is 1. The van der Waals surface area contributed by atoms with Crippen molar-refractivity contribution in [3.8, 4) is 0 Å². The molecule has 4 aromatic rings. The van der Waals surface area contributed by atoms with Crippen molar-refractivity contribution in [2.75, 3.05) is 80.6 Å². The standard InChI is InChI=1S/C45H56N10O5/c1-29-38-26-47-45(50-42(38)55(34-5-3-4-6-34)44(59)41(29)30(2)56)48-39-13-11-35(25-46-39)53-21-19-52(20-22-53)33-15-17-51(18-16-33)27-36-28-54(23-24-60-36)32-9-7-31(8-10-32)37-12-14-40(57)49-43(37)58/h7-11,13,25-26,33-34,36-37H,3-6,12,14-24,27-28H2,1-2H3,(H,49,57,58)(H,46,47,48,50). The summed E-state index contributed by atoms with van der Waals surface area (Å²) in [6.45, 7) is 12.6. The first-order valence-corrected chi connectivity index (χ1v) is 21.9. The van der Waals surface area contributed by atoms with Crippen molar-refractivity contribution in [1.82, 2.24) is 34.6 Å². The predicted molar refractivity (Wildman–Crippen MR) is 230 cm³/mol. The number of carbonyl (C=O) groups excluding carboxylic acids is 3. The quantitative estimate of drug-likeness (QED) is 0.170. The van der Waals surface area contributed by atoms with Gasteiger partial charge in [-0.05, 0) is 94.4 Å². The first-order valence-electron chi connectivity index (χ1n) is 21.9. The fourth-order valence-corrected chi connectivity index (χ4v) is 10.2. The Morgan fingerprint density at radius 2 is 1.58 bits per heavy atom. The average molecular weight is 817 g/mol. The topological polar surface area (TPSA) is 158 Å². The normalized spacial score (nSPS) is 22.7. The van der Waals surface area contributed by atoms with Crippen LogP contribution in [0.15, 0.2) is 53.6 Å². The number of amides is 2. The van der Waals surface area contributed by atoms with Crippen LogP contribution in [-0.4, -0.2) is 125 Å². The highest BCUT2D eigenvalue weighted by atomic mass is 16.5. The van der Waals surface area contributed by atoms with Crippen LogP contribution in [-0.2, 0) is 14.3 Å². The number of rotatable bonds is 10. The molecule has 1 saturated carbocycles. The van der Waals surface area contributed by atoms with E-state index in [0.717, 1.165) is 120 Å². The summed E-state index contributed by atoms with van der Waals surface area (Å²) >= 11 is 0. The lowest BCUT2D eigenvalue weighted by molar-refractivity contribution is -0.134. The second-order valence-corrected chi connectivity index (χ2v) is 17.2. The van der Waals surface area contributed by atoms with Crippen molar-refractivity contribution >= 4 is 51.8 Å². The monoisotopic (exact) mass is 816 g/mol.